The average Bonchev–Trinajstić information content (AvgIpc) is 2.64. The summed E-state index contributed by atoms with van der Waals surface area (Å²) in [4.78, 5) is 0. The van der Waals surface area contributed by atoms with Gasteiger partial charge in [0.2, 0.25) is 0 Å². The third-order valence-corrected chi connectivity index (χ3v) is 2.73. The van der Waals surface area contributed by atoms with Crippen LogP contribution >= 0.6 is 11.8 Å². The molecular weight excluding hydrogens is 160 g/mol. The summed E-state index contributed by atoms with van der Waals surface area (Å²) in [5.74, 6) is 2.83. The van der Waals surface area contributed by atoms with Crippen molar-refractivity contribution in [3.63, 3.8) is 0 Å². The molecule has 11 heavy (non-hydrogen) atoms. The molecule has 2 aliphatic heterocycles. The molecule has 0 aromatic carbocycles. The first-order chi connectivity index (χ1) is 5.50. The molecule has 0 atom stereocenters. The molecule has 0 amide bonds. The maximum absolute atomic E-state index is 4.94. The van der Waals surface area contributed by atoms with Crippen molar-refractivity contribution < 1.29 is 9.47 Å². The van der Waals surface area contributed by atoms with Gasteiger partial charge >= 0.3 is 0 Å². The number of hydrogen-bond acceptors (Lipinski definition) is 3. The monoisotopic (exact) mass is 176 g/mol. The van der Waals surface area contributed by atoms with Gasteiger partial charge in [-0.15, -0.1) is 0 Å². The van der Waals surface area contributed by atoms with E-state index in [0.717, 1.165) is 26.4 Å². The highest BCUT2D eigenvalue weighted by Crippen LogP contribution is 2.14. The largest absolute Gasteiger partial charge is 0.377 e. The number of thioether (sulfide) groups is 1. The van der Waals surface area contributed by atoms with Gasteiger partial charge in [-0.25, -0.2) is 0 Å². The Morgan fingerprint density at radius 3 is 1.36 bits per heavy atom. The molecule has 0 radical (unpaired) electrons. The van der Waals surface area contributed by atoms with Crippen molar-refractivity contribution in [2.45, 2.75) is 12.8 Å². The second-order valence-electron chi connectivity index (χ2n) is 2.54. The Hall–Kier alpha value is 0.270. The Labute approximate surface area is 72.6 Å². The van der Waals surface area contributed by atoms with Gasteiger partial charge in [-0.1, -0.05) is 0 Å². The van der Waals surface area contributed by atoms with E-state index >= 15 is 0 Å². The summed E-state index contributed by atoms with van der Waals surface area (Å²) in [5, 5.41) is 0. The third-order valence-electron chi connectivity index (χ3n) is 1.57. The highest BCUT2D eigenvalue weighted by atomic mass is 32.2. The summed E-state index contributed by atoms with van der Waals surface area (Å²) in [5.41, 5.74) is 0. The van der Waals surface area contributed by atoms with Gasteiger partial charge in [0.15, 0.2) is 0 Å². The quantitative estimate of drug-likeness (QED) is 0.558. The fraction of sp³-hybridized carbons (Fsp3) is 1.00. The molecule has 0 spiro atoms. The first-order valence-corrected chi connectivity index (χ1v) is 5.39. The summed E-state index contributed by atoms with van der Waals surface area (Å²) >= 11 is 2.07. The van der Waals surface area contributed by atoms with Crippen molar-refractivity contribution in [3.05, 3.63) is 0 Å². The van der Waals surface area contributed by atoms with Crippen LogP contribution in [-0.4, -0.2) is 37.9 Å². The topological polar surface area (TPSA) is 18.5 Å². The van der Waals surface area contributed by atoms with Crippen LogP contribution in [0, 0.1) is 0 Å². The van der Waals surface area contributed by atoms with Gasteiger partial charge in [-0.2, -0.15) is 11.8 Å². The lowest BCUT2D eigenvalue weighted by Crippen LogP contribution is -2.16. The van der Waals surface area contributed by atoms with Crippen molar-refractivity contribution in [2.75, 3.05) is 37.9 Å². The molecule has 0 aromatic rings. The van der Waals surface area contributed by atoms with E-state index in [0.29, 0.717) is 0 Å². The van der Waals surface area contributed by atoms with Crippen molar-refractivity contribution >= 4 is 11.8 Å². The van der Waals surface area contributed by atoms with E-state index in [1.807, 2.05) is 0 Å². The van der Waals surface area contributed by atoms with Crippen LogP contribution < -0.4 is 0 Å². The Kier molecular flexibility index (Phi) is 5.91. The van der Waals surface area contributed by atoms with Crippen molar-refractivity contribution in [1.82, 2.24) is 0 Å². The third kappa shape index (κ3) is 5.53. The molecule has 0 unspecified atom stereocenters. The maximum Gasteiger partial charge on any atom is 0.0701 e. The van der Waals surface area contributed by atoms with Gasteiger partial charge in [0.1, 0.15) is 0 Å². The fourth-order valence-corrected chi connectivity index (χ4v) is 1.97. The second kappa shape index (κ2) is 6.95. The Morgan fingerprint density at radius 2 is 1.18 bits per heavy atom. The summed E-state index contributed by atoms with van der Waals surface area (Å²) in [6, 6.07) is 0. The molecule has 0 N–H and O–H groups in total. The molecule has 0 aliphatic carbocycles. The predicted octanol–water partition coefficient (Wildman–Crippen LogP) is 1.55. The molecule has 0 aromatic heterocycles. The zero-order valence-electron chi connectivity index (χ0n) is 6.88. The Morgan fingerprint density at radius 1 is 0.727 bits per heavy atom. The highest BCUT2D eigenvalue weighted by Gasteiger charge is 1.95. The molecule has 2 heterocycles. The molecule has 2 fully saturated rings. The molecule has 3 heteroatoms. The summed E-state index contributed by atoms with van der Waals surface area (Å²) in [6.45, 7) is 3.11. The van der Waals surface area contributed by atoms with Crippen molar-refractivity contribution in [2.24, 2.45) is 0 Å². The van der Waals surface area contributed by atoms with Crippen molar-refractivity contribution in [3.8, 4) is 0 Å². The molecule has 0 bridgehead atoms. The summed E-state index contributed by atoms with van der Waals surface area (Å²) in [6.07, 6.45) is 2.93. The van der Waals surface area contributed by atoms with Gasteiger partial charge < -0.3 is 9.47 Å². The van der Waals surface area contributed by atoms with Crippen LogP contribution in [-0.2, 0) is 9.47 Å². The zero-order valence-corrected chi connectivity index (χ0v) is 7.70. The zero-order chi connectivity index (χ0) is 7.78. The maximum atomic E-state index is 4.94. The summed E-state index contributed by atoms with van der Waals surface area (Å²) in [7, 11) is 0. The molecule has 2 rings (SSSR count). The van der Waals surface area contributed by atoms with Gasteiger partial charge in [-0.05, 0) is 24.3 Å². The van der Waals surface area contributed by atoms with Gasteiger partial charge in [0, 0.05) is 0 Å². The van der Waals surface area contributed by atoms with E-state index in [-0.39, 0.29) is 0 Å². The van der Waals surface area contributed by atoms with E-state index in [9.17, 15) is 0 Å². The predicted molar refractivity (Wildman–Crippen MR) is 48.2 cm³/mol. The van der Waals surface area contributed by atoms with Crippen LogP contribution in [0.15, 0.2) is 0 Å². The Balaban J connectivity index is 0.000000112. The number of ether oxygens (including phenoxy) is 2. The standard InChI is InChI=1S/C4H8O2.C4H8S/c1-2-6-4-3-5-1;1-2-4-5-3-1/h1-4H2;1-4H2. The normalized spacial score (nSPS) is 24.0. The molecule has 0 saturated carbocycles. The van der Waals surface area contributed by atoms with Crippen LogP contribution in [0.5, 0.6) is 0 Å². The summed E-state index contributed by atoms with van der Waals surface area (Å²) < 4.78 is 9.89. The smallest absolute Gasteiger partial charge is 0.0701 e. The average molecular weight is 176 g/mol. The molecule has 2 aliphatic rings. The van der Waals surface area contributed by atoms with Gasteiger partial charge in [0.25, 0.3) is 0 Å². The van der Waals surface area contributed by atoms with E-state index in [1.54, 1.807) is 0 Å². The SMILES string of the molecule is C1CCSC1.C1COCCO1. The lowest BCUT2D eigenvalue weighted by atomic mass is 10.4. The van der Waals surface area contributed by atoms with Crippen LogP contribution in [0.1, 0.15) is 12.8 Å². The van der Waals surface area contributed by atoms with E-state index in [4.69, 9.17) is 9.47 Å². The second-order valence-corrected chi connectivity index (χ2v) is 3.77. The lowest BCUT2D eigenvalue weighted by Gasteiger charge is -2.09. The number of rotatable bonds is 0. The first kappa shape index (κ1) is 9.36. The van der Waals surface area contributed by atoms with E-state index in [1.165, 1.54) is 24.3 Å². The van der Waals surface area contributed by atoms with Crippen LogP contribution in [0.2, 0.25) is 0 Å². The lowest BCUT2D eigenvalue weighted by molar-refractivity contribution is -0.0334. The minimum atomic E-state index is 0.778. The van der Waals surface area contributed by atoms with Crippen LogP contribution in [0.25, 0.3) is 0 Å². The minimum Gasteiger partial charge on any atom is -0.377 e. The fourth-order valence-electron chi connectivity index (χ4n) is 0.950. The number of hydrogen-bond donors (Lipinski definition) is 0. The van der Waals surface area contributed by atoms with E-state index < -0.39 is 0 Å². The van der Waals surface area contributed by atoms with Gasteiger partial charge in [-0.3, -0.25) is 0 Å². The van der Waals surface area contributed by atoms with Gasteiger partial charge in [0.05, 0.1) is 26.4 Å². The highest BCUT2D eigenvalue weighted by molar-refractivity contribution is 7.99. The minimum absolute atomic E-state index is 0.778. The Bertz CT molecular complexity index is 61.0. The van der Waals surface area contributed by atoms with Crippen LogP contribution in [0.4, 0.5) is 0 Å². The van der Waals surface area contributed by atoms with E-state index in [2.05, 4.69) is 11.8 Å². The first-order valence-electron chi connectivity index (χ1n) is 4.23. The molecule has 66 valence electrons. The molecule has 2 nitrogen and oxygen atoms in total. The molecule has 2 saturated heterocycles. The van der Waals surface area contributed by atoms with Crippen LogP contribution in [0.3, 0.4) is 0 Å². The molecular formula is C8H16O2S. The van der Waals surface area contributed by atoms with Crippen molar-refractivity contribution in [1.29, 1.82) is 0 Å².